The standard InChI is InChI=1S/C15H20ClFO/c16-13(6-9-15-3-1-2-10-18-15)11-12-4-7-14(17)8-5-12/h4-5,7-8,13,15H,1-3,6,9-11H2. The molecule has 1 nitrogen and oxygen atoms in total. The van der Waals surface area contributed by atoms with E-state index >= 15 is 0 Å². The molecule has 0 saturated carbocycles. The van der Waals surface area contributed by atoms with Gasteiger partial charge in [0.25, 0.3) is 0 Å². The predicted octanol–water partition coefficient (Wildman–Crippen LogP) is 4.32. The third-order valence-corrected chi connectivity index (χ3v) is 3.82. The van der Waals surface area contributed by atoms with Crippen LogP contribution in [0.25, 0.3) is 0 Å². The highest BCUT2D eigenvalue weighted by atomic mass is 35.5. The minimum Gasteiger partial charge on any atom is -0.378 e. The topological polar surface area (TPSA) is 9.23 Å². The summed E-state index contributed by atoms with van der Waals surface area (Å²) in [6, 6.07) is 6.59. The second kappa shape index (κ2) is 7.10. The van der Waals surface area contributed by atoms with E-state index in [-0.39, 0.29) is 11.2 Å². The highest BCUT2D eigenvalue weighted by Crippen LogP contribution is 2.21. The van der Waals surface area contributed by atoms with Crippen LogP contribution in [0, 0.1) is 5.82 Å². The summed E-state index contributed by atoms with van der Waals surface area (Å²) < 4.78 is 18.5. The largest absolute Gasteiger partial charge is 0.378 e. The van der Waals surface area contributed by atoms with Crippen LogP contribution in [-0.2, 0) is 11.2 Å². The first kappa shape index (κ1) is 13.8. The Morgan fingerprint density at radius 3 is 2.72 bits per heavy atom. The second-order valence-corrected chi connectivity index (χ2v) is 5.61. The van der Waals surface area contributed by atoms with Crippen molar-refractivity contribution in [3.63, 3.8) is 0 Å². The van der Waals surface area contributed by atoms with E-state index in [1.54, 1.807) is 0 Å². The van der Waals surface area contributed by atoms with Gasteiger partial charge in [-0.1, -0.05) is 12.1 Å². The zero-order valence-electron chi connectivity index (χ0n) is 10.6. The van der Waals surface area contributed by atoms with Crippen molar-refractivity contribution >= 4 is 11.6 Å². The molecule has 0 amide bonds. The summed E-state index contributed by atoms with van der Waals surface area (Å²) in [6.45, 7) is 0.898. The molecule has 0 bridgehead atoms. The Hall–Kier alpha value is -0.600. The number of hydrogen-bond donors (Lipinski definition) is 0. The van der Waals surface area contributed by atoms with Crippen LogP contribution in [0.3, 0.4) is 0 Å². The molecule has 0 N–H and O–H groups in total. The van der Waals surface area contributed by atoms with Gasteiger partial charge in [-0.25, -0.2) is 4.39 Å². The van der Waals surface area contributed by atoms with Gasteiger partial charge in [0.05, 0.1) is 6.10 Å². The second-order valence-electron chi connectivity index (χ2n) is 4.99. The molecule has 0 spiro atoms. The molecule has 0 aromatic heterocycles. The minimum absolute atomic E-state index is 0.112. The molecule has 18 heavy (non-hydrogen) atoms. The number of halogens is 2. The van der Waals surface area contributed by atoms with Crippen LogP contribution >= 0.6 is 11.6 Å². The van der Waals surface area contributed by atoms with E-state index in [2.05, 4.69) is 0 Å². The molecule has 1 aromatic rings. The average molecular weight is 271 g/mol. The van der Waals surface area contributed by atoms with Crippen LogP contribution < -0.4 is 0 Å². The molecule has 1 fully saturated rings. The number of alkyl halides is 1. The van der Waals surface area contributed by atoms with E-state index in [4.69, 9.17) is 16.3 Å². The van der Waals surface area contributed by atoms with E-state index in [1.165, 1.54) is 31.4 Å². The van der Waals surface area contributed by atoms with E-state index in [9.17, 15) is 4.39 Å². The summed E-state index contributed by atoms with van der Waals surface area (Å²) in [5.41, 5.74) is 1.10. The summed E-state index contributed by atoms with van der Waals surface area (Å²) >= 11 is 6.33. The molecule has 2 unspecified atom stereocenters. The maximum absolute atomic E-state index is 12.8. The van der Waals surface area contributed by atoms with Gasteiger partial charge in [0, 0.05) is 12.0 Å². The van der Waals surface area contributed by atoms with Crippen molar-refractivity contribution in [2.75, 3.05) is 6.61 Å². The molecule has 3 heteroatoms. The molecular weight excluding hydrogens is 251 g/mol. The Morgan fingerprint density at radius 2 is 2.06 bits per heavy atom. The van der Waals surface area contributed by atoms with E-state index in [0.29, 0.717) is 6.10 Å². The first-order valence-corrected chi connectivity index (χ1v) is 7.18. The van der Waals surface area contributed by atoms with Gasteiger partial charge in [-0.2, -0.15) is 0 Å². The Bertz CT molecular complexity index is 346. The van der Waals surface area contributed by atoms with Gasteiger partial charge in [-0.05, 0) is 56.2 Å². The average Bonchev–Trinajstić information content (AvgIpc) is 2.40. The van der Waals surface area contributed by atoms with Gasteiger partial charge in [-0.15, -0.1) is 11.6 Å². The number of rotatable bonds is 5. The lowest BCUT2D eigenvalue weighted by Gasteiger charge is -2.23. The molecule has 1 aromatic carbocycles. The molecule has 1 heterocycles. The Kier molecular flexibility index (Phi) is 5.45. The monoisotopic (exact) mass is 270 g/mol. The fraction of sp³-hybridized carbons (Fsp3) is 0.600. The number of hydrogen-bond acceptors (Lipinski definition) is 1. The summed E-state index contributed by atoms with van der Waals surface area (Å²) in [7, 11) is 0. The van der Waals surface area contributed by atoms with Crippen molar-refractivity contribution < 1.29 is 9.13 Å². The SMILES string of the molecule is Fc1ccc(CC(Cl)CCC2CCCCO2)cc1. The molecule has 2 rings (SSSR count). The van der Waals surface area contributed by atoms with E-state index < -0.39 is 0 Å². The van der Waals surface area contributed by atoms with Crippen molar-refractivity contribution in [2.45, 2.75) is 50.0 Å². The third-order valence-electron chi connectivity index (χ3n) is 3.45. The highest BCUT2D eigenvalue weighted by molar-refractivity contribution is 6.20. The first-order chi connectivity index (χ1) is 8.74. The van der Waals surface area contributed by atoms with Crippen molar-refractivity contribution in [3.8, 4) is 0 Å². The maximum Gasteiger partial charge on any atom is 0.123 e. The lowest BCUT2D eigenvalue weighted by Crippen LogP contribution is -2.20. The smallest absolute Gasteiger partial charge is 0.123 e. The first-order valence-electron chi connectivity index (χ1n) is 6.74. The van der Waals surface area contributed by atoms with Gasteiger partial charge in [-0.3, -0.25) is 0 Å². The molecule has 0 radical (unpaired) electrons. The molecule has 0 aliphatic carbocycles. The van der Waals surface area contributed by atoms with E-state index in [0.717, 1.165) is 31.4 Å². The lowest BCUT2D eigenvalue weighted by atomic mass is 10.0. The minimum atomic E-state index is -0.194. The van der Waals surface area contributed by atoms with Crippen LogP contribution in [-0.4, -0.2) is 18.1 Å². The molecule has 1 saturated heterocycles. The molecule has 1 aliphatic rings. The molecule has 100 valence electrons. The Balaban J connectivity index is 1.71. The van der Waals surface area contributed by atoms with Crippen molar-refractivity contribution in [1.82, 2.24) is 0 Å². The summed E-state index contributed by atoms with van der Waals surface area (Å²) in [6.07, 6.45) is 6.83. The fourth-order valence-electron chi connectivity index (χ4n) is 2.38. The van der Waals surface area contributed by atoms with Gasteiger partial charge in [0.1, 0.15) is 5.82 Å². The molecular formula is C15H20ClFO. The van der Waals surface area contributed by atoms with Crippen molar-refractivity contribution in [3.05, 3.63) is 35.6 Å². The summed E-state index contributed by atoms with van der Waals surface area (Å²) in [4.78, 5) is 0. The van der Waals surface area contributed by atoms with Crippen LogP contribution in [0.15, 0.2) is 24.3 Å². The zero-order chi connectivity index (χ0) is 12.8. The summed E-state index contributed by atoms with van der Waals surface area (Å²) in [5.74, 6) is -0.194. The summed E-state index contributed by atoms with van der Waals surface area (Å²) in [5, 5.41) is 0.112. The van der Waals surface area contributed by atoms with E-state index in [1.807, 2.05) is 12.1 Å². The van der Waals surface area contributed by atoms with Crippen LogP contribution in [0.2, 0.25) is 0 Å². The normalized spacial score (nSPS) is 21.8. The van der Waals surface area contributed by atoms with Crippen LogP contribution in [0.4, 0.5) is 4.39 Å². The van der Waals surface area contributed by atoms with Gasteiger partial charge in [0.2, 0.25) is 0 Å². The molecule has 1 aliphatic heterocycles. The van der Waals surface area contributed by atoms with Gasteiger partial charge >= 0.3 is 0 Å². The third kappa shape index (κ3) is 4.58. The Morgan fingerprint density at radius 1 is 1.28 bits per heavy atom. The van der Waals surface area contributed by atoms with Gasteiger partial charge in [0.15, 0.2) is 0 Å². The maximum atomic E-state index is 12.8. The fourth-order valence-corrected chi connectivity index (χ4v) is 2.68. The van der Waals surface area contributed by atoms with Crippen molar-refractivity contribution in [2.24, 2.45) is 0 Å². The van der Waals surface area contributed by atoms with Crippen molar-refractivity contribution in [1.29, 1.82) is 0 Å². The quantitative estimate of drug-likeness (QED) is 0.724. The van der Waals surface area contributed by atoms with Gasteiger partial charge < -0.3 is 4.74 Å². The lowest BCUT2D eigenvalue weighted by molar-refractivity contribution is 0.0100. The molecule has 2 atom stereocenters. The number of ether oxygens (including phenoxy) is 1. The number of benzene rings is 1. The Labute approximate surface area is 113 Å². The zero-order valence-corrected chi connectivity index (χ0v) is 11.3. The predicted molar refractivity (Wildman–Crippen MR) is 72.6 cm³/mol. The highest BCUT2D eigenvalue weighted by Gasteiger charge is 2.15. The van der Waals surface area contributed by atoms with Crippen LogP contribution in [0.1, 0.15) is 37.7 Å². The van der Waals surface area contributed by atoms with Crippen LogP contribution in [0.5, 0.6) is 0 Å².